The van der Waals surface area contributed by atoms with Gasteiger partial charge in [0.1, 0.15) is 5.75 Å². The predicted molar refractivity (Wildman–Crippen MR) is 75.9 cm³/mol. The molecule has 0 saturated heterocycles. The summed E-state index contributed by atoms with van der Waals surface area (Å²) in [7, 11) is -3.77. The SMILES string of the molecule is Cc1cc(OCCC(N)=O)c(C(C)C)cc1S(N)(=O)=O. The number of benzene rings is 1. The molecule has 1 rings (SSSR count). The number of sulfonamides is 1. The lowest BCUT2D eigenvalue weighted by atomic mass is 10.0. The second kappa shape index (κ2) is 6.23. The Morgan fingerprint density at radius 3 is 2.40 bits per heavy atom. The van der Waals surface area contributed by atoms with Crippen LogP contribution in [0.1, 0.15) is 37.3 Å². The summed E-state index contributed by atoms with van der Waals surface area (Å²) in [6, 6.07) is 3.14. The summed E-state index contributed by atoms with van der Waals surface area (Å²) in [4.78, 5) is 10.8. The van der Waals surface area contributed by atoms with E-state index in [0.717, 1.165) is 5.56 Å². The van der Waals surface area contributed by atoms with Crippen LogP contribution in [0.2, 0.25) is 0 Å². The van der Waals surface area contributed by atoms with E-state index in [0.29, 0.717) is 11.3 Å². The zero-order chi connectivity index (χ0) is 15.5. The highest BCUT2D eigenvalue weighted by Crippen LogP contribution is 2.31. The highest BCUT2D eigenvalue weighted by atomic mass is 32.2. The number of aryl methyl sites for hydroxylation is 1. The van der Waals surface area contributed by atoms with Gasteiger partial charge in [-0.1, -0.05) is 13.8 Å². The Balaban J connectivity index is 3.18. The summed E-state index contributed by atoms with van der Waals surface area (Å²) in [6.07, 6.45) is 0.105. The van der Waals surface area contributed by atoms with Crippen LogP contribution in [0.5, 0.6) is 5.75 Å². The Kier molecular flexibility index (Phi) is 5.13. The van der Waals surface area contributed by atoms with Crippen LogP contribution in [0.25, 0.3) is 0 Å². The van der Waals surface area contributed by atoms with Crippen molar-refractivity contribution in [2.45, 2.75) is 38.0 Å². The highest BCUT2D eigenvalue weighted by Gasteiger charge is 2.18. The van der Waals surface area contributed by atoms with E-state index in [9.17, 15) is 13.2 Å². The monoisotopic (exact) mass is 300 g/mol. The van der Waals surface area contributed by atoms with Crippen LogP contribution in [0.3, 0.4) is 0 Å². The van der Waals surface area contributed by atoms with Crippen molar-refractivity contribution in [3.05, 3.63) is 23.3 Å². The Morgan fingerprint density at radius 2 is 1.95 bits per heavy atom. The van der Waals surface area contributed by atoms with Gasteiger partial charge in [-0.25, -0.2) is 13.6 Å². The highest BCUT2D eigenvalue weighted by molar-refractivity contribution is 7.89. The van der Waals surface area contributed by atoms with Crippen LogP contribution in [0.15, 0.2) is 17.0 Å². The third kappa shape index (κ3) is 4.21. The number of primary amides is 1. The second-order valence-electron chi connectivity index (χ2n) is 4.92. The molecule has 1 amide bonds. The first-order valence-electron chi connectivity index (χ1n) is 6.21. The van der Waals surface area contributed by atoms with Gasteiger partial charge < -0.3 is 10.5 Å². The molecule has 0 saturated carbocycles. The standard InChI is InChI=1S/C13H20N2O4S/c1-8(2)10-7-12(20(15,17)18)9(3)6-11(10)19-5-4-13(14)16/h6-8H,4-5H2,1-3H3,(H2,14,16)(H2,15,17,18). The fraction of sp³-hybridized carbons (Fsp3) is 0.462. The molecule has 0 heterocycles. The molecule has 7 heteroatoms. The summed E-state index contributed by atoms with van der Waals surface area (Å²) in [6.45, 7) is 5.63. The number of ether oxygens (including phenoxy) is 1. The van der Waals surface area contributed by atoms with E-state index >= 15 is 0 Å². The number of hydrogen-bond donors (Lipinski definition) is 2. The van der Waals surface area contributed by atoms with Gasteiger partial charge in [-0.2, -0.15) is 0 Å². The Bertz CT molecular complexity index is 609. The molecule has 6 nitrogen and oxygen atoms in total. The summed E-state index contributed by atoms with van der Waals surface area (Å²) >= 11 is 0. The molecule has 0 unspecified atom stereocenters. The van der Waals surface area contributed by atoms with Gasteiger partial charge in [-0.15, -0.1) is 0 Å². The number of carbonyl (C=O) groups is 1. The van der Waals surface area contributed by atoms with Crippen LogP contribution in [-0.2, 0) is 14.8 Å². The van der Waals surface area contributed by atoms with E-state index < -0.39 is 15.9 Å². The normalized spacial score (nSPS) is 11.7. The van der Waals surface area contributed by atoms with Crippen molar-refractivity contribution >= 4 is 15.9 Å². The van der Waals surface area contributed by atoms with Gasteiger partial charge in [0.05, 0.1) is 17.9 Å². The zero-order valence-electron chi connectivity index (χ0n) is 11.8. The topological polar surface area (TPSA) is 112 Å². The fourth-order valence-electron chi connectivity index (χ4n) is 1.82. The van der Waals surface area contributed by atoms with Gasteiger partial charge >= 0.3 is 0 Å². The average Bonchev–Trinajstić information content (AvgIpc) is 2.26. The van der Waals surface area contributed by atoms with E-state index in [-0.39, 0.29) is 23.8 Å². The molecule has 0 radical (unpaired) electrons. The maximum atomic E-state index is 11.5. The number of nitrogens with two attached hydrogens (primary N) is 2. The third-order valence-corrected chi connectivity index (χ3v) is 3.89. The fourth-order valence-corrected chi connectivity index (χ4v) is 2.62. The molecule has 0 aromatic heterocycles. The average molecular weight is 300 g/mol. The first kappa shape index (κ1) is 16.5. The van der Waals surface area contributed by atoms with Gasteiger partial charge in [0.15, 0.2) is 0 Å². The van der Waals surface area contributed by atoms with Gasteiger partial charge in [0, 0.05) is 0 Å². The molecule has 0 aliphatic heterocycles. The van der Waals surface area contributed by atoms with Gasteiger partial charge in [0.2, 0.25) is 15.9 Å². The number of rotatable bonds is 6. The minimum atomic E-state index is -3.77. The van der Waals surface area contributed by atoms with E-state index in [1.807, 2.05) is 13.8 Å². The molecule has 0 spiro atoms. The lowest BCUT2D eigenvalue weighted by molar-refractivity contribution is -0.118. The largest absolute Gasteiger partial charge is 0.493 e. The summed E-state index contributed by atoms with van der Waals surface area (Å²) in [5.41, 5.74) is 6.28. The molecule has 0 atom stereocenters. The molecule has 0 fully saturated rings. The first-order chi connectivity index (χ1) is 9.12. The molecule has 4 N–H and O–H groups in total. The molecule has 0 bridgehead atoms. The maximum Gasteiger partial charge on any atom is 0.238 e. The molecule has 0 aliphatic rings. The van der Waals surface area contributed by atoms with E-state index in [1.54, 1.807) is 13.0 Å². The lowest BCUT2D eigenvalue weighted by Crippen LogP contribution is -2.16. The Hall–Kier alpha value is -1.60. The van der Waals surface area contributed by atoms with Gasteiger partial charge in [0.25, 0.3) is 0 Å². The quantitative estimate of drug-likeness (QED) is 0.816. The lowest BCUT2D eigenvalue weighted by Gasteiger charge is -2.16. The van der Waals surface area contributed by atoms with Crippen molar-refractivity contribution < 1.29 is 17.9 Å². The second-order valence-corrected chi connectivity index (χ2v) is 6.45. The molecule has 1 aromatic carbocycles. The molecule has 20 heavy (non-hydrogen) atoms. The van der Waals surface area contributed by atoms with Crippen molar-refractivity contribution in [1.29, 1.82) is 0 Å². The zero-order valence-corrected chi connectivity index (χ0v) is 12.7. The molecule has 1 aromatic rings. The number of amides is 1. The Labute approximate surface area is 119 Å². The van der Waals surface area contributed by atoms with Crippen LogP contribution in [-0.4, -0.2) is 20.9 Å². The minimum absolute atomic E-state index is 0.0553. The molecule has 0 aliphatic carbocycles. The van der Waals surface area contributed by atoms with Crippen LogP contribution in [0.4, 0.5) is 0 Å². The summed E-state index contributed by atoms with van der Waals surface area (Å²) in [5, 5.41) is 5.19. The number of hydrogen-bond acceptors (Lipinski definition) is 4. The van der Waals surface area contributed by atoms with Crippen molar-refractivity contribution in [3.63, 3.8) is 0 Å². The smallest absolute Gasteiger partial charge is 0.238 e. The van der Waals surface area contributed by atoms with E-state index in [2.05, 4.69) is 0 Å². The van der Waals surface area contributed by atoms with Crippen LogP contribution in [0, 0.1) is 6.92 Å². The first-order valence-corrected chi connectivity index (χ1v) is 7.76. The molecular weight excluding hydrogens is 280 g/mol. The maximum absolute atomic E-state index is 11.5. The van der Waals surface area contributed by atoms with Crippen LogP contribution >= 0.6 is 0 Å². The third-order valence-electron chi connectivity index (χ3n) is 2.84. The molecular formula is C13H20N2O4S. The molecule has 112 valence electrons. The van der Waals surface area contributed by atoms with E-state index in [4.69, 9.17) is 15.6 Å². The van der Waals surface area contributed by atoms with Gasteiger partial charge in [-0.3, -0.25) is 4.79 Å². The predicted octanol–water partition coefficient (Wildman–Crippen LogP) is 1.02. The van der Waals surface area contributed by atoms with Crippen molar-refractivity contribution in [2.75, 3.05) is 6.61 Å². The van der Waals surface area contributed by atoms with E-state index in [1.165, 1.54) is 6.07 Å². The summed E-state index contributed by atoms with van der Waals surface area (Å²) < 4.78 is 28.6. The summed E-state index contributed by atoms with van der Waals surface area (Å²) in [5.74, 6) is 0.153. The van der Waals surface area contributed by atoms with Crippen molar-refractivity contribution in [3.8, 4) is 5.75 Å². The van der Waals surface area contributed by atoms with Crippen molar-refractivity contribution in [1.82, 2.24) is 0 Å². The van der Waals surface area contributed by atoms with Gasteiger partial charge in [-0.05, 0) is 36.1 Å². The minimum Gasteiger partial charge on any atom is -0.493 e. The van der Waals surface area contributed by atoms with Crippen LogP contribution < -0.4 is 15.6 Å². The number of carbonyl (C=O) groups excluding carboxylic acids is 1. The Morgan fingerprint density at radius 1 is 1.35 bits per heavy atom. The van der Waals surface area contributed by atoms with Crippen molar-refractivity contribution in [2.24, 2.45) is 10.9 Å². The number of primary sulfonamides is 1.